The Balaban J connectivity index is 1.43. The molecule has 0 saturated carbocycles. The Labute approximate surface area is 214 Å². The van der Waals surface area contributed by atoms with Gasteiger partial charge in [-0.15, -0.1) is 0 Å². The second-order valence-corrected chi connectivity index (χ2v) is 11.0. The Hall–Kier alpha value is -2.81. The fraction of sp³-hybridized carbons (Fsp3) is 0.240. The number of benzene rings is 3. The van der Waals surface area contributed by atoms with Crippen molar-refractivity contribution in [2.24, 2.45) is 0 Å². The van der Waals surface area contributed by atoms with Gasteiger partial charge in [0.2, 0.25) is 10.0 Å². The molecular weight excluding hydrogens is 512 g/mol. The van der Waals surface area contributed by atoms with E-state index in [0.29, 0.717) is 43.0 Å². The van der Waals surface area contributed by atoms with E-state index in [1.54, 1.807) is 59.5 Å². The standard InChI is InChI=1S/C25H24Cl2FN3O3S/c1-35(33,34)31(23-4-2-3-22(26)24(23)27)17-18-5-7-19(8-6-18)25(32)30-15-13-29(14-16-30)21-11-9-20(28)10-12-21/h2-12H,13-17H2,1H3. The van der Waals surface area contributed by atoms with E-state index >= 15 is 0 Å². The third-order valence-corrected chi connectivity index (χ3v) is 7.82. The lowest BCUT2D eigenvalue weighted by molar-refractivity contribution is 0.0746. The van der Waals surface area contributed by atoms with Crippen LogP contribution in [-0.4, -0.2) is 51.7 Å². The van der Waals surface area contributed by atoms with Crippen LogP contribution in [0.3, 0.4) is 0 Å². The molecule has 0 bridgehead atoms. The van der Waals surface area contributed by atoms with Crippen molar-refractivity contribution < 1.29 is 17.6 Å². The number of nitrogens with zero attached hydrogens (tertiary/aromatic N) is 3. The van der Waals surface area contributed by atoms with Crippen molar-refractivity contribution in [3.63, 3.8) is 0 Å². The molecule has 0 spiro atoms. The predicted molar refractivity (Wildman–Crippen MR) is 138 cm³/mol. The first-order valence-electron chi connectivity index (χ1n) is 10.9. The molecule has 0 unspecified atom stereocenters. The van der Waals surface area contributed by atoms with Gasteiger partial charge in [-0.25, -0.2) is 12.8 Å². The molecule has 1 heterocycles. The number of hydrogen-bond donors (Lipinski definition) is 0. The maximum atomic E-state index is 13.2. The molecule has 4 rings (SSSR count). The summed E-state index contributed by atoms with van der Waals surface area (Å²) in [6.45, 7) is 2.45. The van der Waals surface area contributed by atoms with Crippen LogP contribution >= 0.6 is 23.2 Å². The second-order valence-electron chi connectivity index (χ2n) is 8.30. The quantitative estimate of drug-likeness (QED) is 0.442. The number of amides is 1. The van der Waals surface area contributed by atoms with Crippen molar-refractivity contribution in [1.82, 2.24) is 4.90 Å². The SMILES string of the molecule is CS(=O)(=O)N(Cc1ccc(C(=O)N2CCN(c3ccc(F)cc3)CC2)cc1)c1cccc(Cl)c1Cl. The lowest BCUT2D eigenvalue weighted by Gasteiger charge is -2.36. The van der Waals surface area contributed by atoms with Gasteiger partial charge in [-0.1, -0.05) is 41.4 Å². The normalized spacial score (nSPS) is 14.2. The number of carbonyl (C=O) groups is 1. The van der Waals surface area contributed by atoms with Crippen molar-refractivity contribution in [2.45, 2.75) is 6.54 Å². The van der Waals surface area contributed by atoms with E-state index in [1.165, 1.54) is 16.4 Å². The number of rotatable bonds is 6. The Morgan fingerprint density at radius 1 is 0.943 bits per heavy atom. The topological polar surface area (TPSA) is 60.9 Å². The fourth-order valence-electron chi connectivity index (χ4n) is 3.99. The zero-order valence-electron chi connectivity index (χ0n) is 19.0. The molecule has 3 aromatic rings. The van der Waals surface area contributed by atoms with Crippen LogP contribution < -0.4 is 9.21 Å². The molecule has 3 aromatic carbocycles. The molecule has 0 aromatic heterocycles. The van der Waals surface area contributed by atoms with Gasteiger partial charge in [0, 0.05) is 37.4 Å². The smallest absolute Gasteiger partial charge is 0.253 e. The number of halogens is 3. The molecule has 10 heteroatoms. The summed E-state index contributed by atoms with van der Waals surface area (Å²) in [5.74, 6) is -0.366. The summed E-state index contributed by atoms with van der Waals surface area (Å²) >= 11 is 12.3. The summed E-state index contributed by atoms with van der Waals surface area (Å²) in [4.78, 5) is 16.9. The number of anilines is 2. The molecule has 0 N–H and O–H groups in total. The summed E-state index contributed by atoms with van der Waals surface area (Å²) in [7, 11) is -3.64. The van der Waals surface area contributed by atoms with Crippen LogP contribution in [0.25, 0.3) is 0 Å². The van der Waals surface area contributed by atoms with E-state index in [9.17, 15) is 17.6 Å². The van der Waals surface area contributed by atoms with E-state index in [1.807, 2.05) is 0 Å². The highest BCUT2D eigenvalue weighted by atomic mass is 35.5. The summed E-state index contributed by atoms with van der Waals surface area (Å²) in [6.07, 6.45) is 1.10. The highest BCUT2D eigenvalue weighted by molar-refractivity contribution is 7.92. The minimum absolute atomic E-state index is 0.0453. The number of hydrogen-bond acceptors (Lipinski definition) is 4. The first-order valence-corrected chi connectivity index (χ1v) is 13.5. The van der Waals surface area contributed by atoms with Crippen molar-refractivity contribution >= 4 is 50.5 Å². The fourth-order valence-corrected chi connectivity index (χ4v) is 5.33. The van der Waals surface area contributed by atoms with Gasteiger partial charge >= 0.3 is 0 Å². The molecule has 1 saturated heterocycles. The van der Waals surface area contributed by atoms with Crippen LogP contribution in [0.5, 0.6) is 0 Å². The summed E-state index contributed by atoms with van der Waals surface area (Å²) < 4.78 is 39.3. The molecule has 6 nitrogen and oxygen atoms in total. The van der Waals surface area contributed by atoms with Gasteiger partial charge in [0.25, 0.3) is 5.91 Å². The molecule has 0 atom stereocenters. The van der Waals surface area contributed by atoms with Gasteiger partial charge in [0.1, 0.15) is 5.82 Å². The molecular formula is C25H24Cl2FN3O3S. The Kier molecular flexibility index (Phi) is 7.54. The van der Waals surface area contributed by atoms with Crippen molar-refractivity contribution in [1.29, 1.82) is 0 Å². The molecule has 35 heavy (non-hydrogen) atoms. The van der Waals surface area contributed by atoms with Gasteiger partial charge in [0.15, 0.2) is 0 Å². The van der Waals surface area contributed by atoms with Gasteiger partial charge in [-0.2, -0.15) is 0 Å². The zero-order chi connectivity index (χ0) is 25.2. The average molecular weight is 536 g/mol. The third-order valence-electron chi connectivity index (χ3n) is 5.89. The Bertz CT molecular complexity index is 1310. The lowest BCUT2D eigenvalue weighted by atomic mass is 10.1. The summed E-state index contributed by atoms with van der Waals surface area (Å²) in [6, 6.07) is 18.0. The molecule has 0 aliphatic carbocycles. The number of sulfonamides is 1. The van der Waals surface area contributed by atoms with Gasteiger partial charge < -0.3 is 9.80 Å². The molecule has 1 fully saturated rings. The first kappa shape index (κ1) is 25.3. The summed E-state index contributed by atoms with van der Waals surface area (Å²) in [5, 5.41) is 0.421. The van der Waals surface area contributed by atoms with E-state index in [-0.39, 0.29) is 28.3 Å². The van der Waals surface area contributed by atoms with Crippen molar-refractivity contribution in [2.75, 3.05) is 41.6 Å². The van der Waals surface area contributed by atoms with Crippen LogP contribution in [0, 0.1) is 5.82 Å². The maximum Gasteiger partial charge on any atom is 0.253 e. The van der Waals surface area contributed by atoms with Gasteiger partial charge in [-0.05, 0) is 54.1 Å². The minimum Gasteiger partial charge on any atom is -0.368 e. The number of piperazine rings is 1. The molecule has 0 radical (unpaired) electrons. The third kappa shape index (κ3) is 5.89. The highest BCUT2D eigenvalue weighted by Crippen LogP contribution is 2.34. The maximum absolute atomic E-state index is 13.2. The first-order chi connectivity index (χ1) is 16.6. The van der Waals surface area contributed by atoms with Crippen LogP contribution in [0.4, 0.5) is 15.8 Å². The summed E-state index contributed by atoms with van der Waals surface area (Å²) in [5.41, 5.74) is 2.44. The van der Waals surface area contributed by atoms with Crippen LogP contribution in [-0.2, 0) is 16.6 Å². The average Bonchev–Trinajstić information content (AvgIpc) is 2.84. The van der Waals surface area contributed by atoms with Gasteiger partial charge in [0.05, 0.1) is 28.5 Å². The van der Waals surface area contributed by atoms with Gasteiger partial charge in [-0.3, -0.25) is 9.10 Å². The number of carbonyl (C=O) groups excluding carboxylic acids is 1. The van der Waals surface area contributed by atoms with Crippen LogP contribution in [0.2, 0.25) is 10.0 Å². The van der Waals surface area contributed by atoms with Crippen molar-refractivity contribution in [3.05, 3.63) is 93.7 Å². The second kappa shape index (κ2) is 10.4. The van der Waals surface area contributed by atoms with E-state index < -0.39 is 10.0 Å². The van der Waals surface area contributed by atoms with Crippen LogP contribution in [0.15, 0.2) is 66.7 Å². The molecule has 1 amide bonds. The zero-order valence-corrected chi connectivity index (χ0v) is 21.3. The van der Waals surface area contributed by atoms with E-state index in [4.69, 9.17) is 23.2 Å². The van der Waals surface area contributed by atoms with Crippen LogP contribution in [0.1, 0.15) is 15.9 Å². The lowest BCUT2D eigenvalue weighted by Crippen LogP contribution is -2.48. The monoisotopic (exact) mass is 535 g/mol. The van der Waals surface area contributed by atoms with Crippen molar-refractivity contribution in [3.8, 4) is 0 Å². The predicted octanol–water partition coefficient (Wildman–Crippen LogP) is 5.06. The highest BCUT2D eigenvalue weighted by Gasteiger charge is 2.24. The van der Waals surface area contributed by atoms with E-state index in [0.717, 1.165) is 11.9 Å². The Morgan fingerprint density at radius 2 is 1.57 bits per heavy atom. The molecule has 1 aliphatic heterocycles. The largest absolute Gasteiger partial charge is 0.368 e. The van der Waals surface area contributed by atoms with E-state index in [2.05, 4.69) is 4.90 Å². The molecule has 1 aliphatic rings. The Morgan fingerprint density at radius 3 is 2.17 bits per heavy atom. The minimum atomic E-state index is -3.64. The molecule has 184 valence electrons.